The molecule has 0 fully saturated rings. The zero-order valence-corrected chi connectivity index (χ0v) is 31.6. The zero-order chi connectivity index (χ0) is 39.0. The molecule has 0 saturated carbocycles. The van der Waals surface area contributed by atoms with E-state index in [1.54, 1.807) is 24.3 Å². The molecule has 5 aromatic carbocycles. The maximum absolute atomic E-state index is 14.4. The minimum absolute atomic E-state index is 0.0164. The molecule has 2 N–H and O–H groups in total. The third kappa shape index (κ3) is 8.93. The van der Waals surface area contributed by atoms with Gasteiger partial charge in [-0.1, -0.05) is 54.6 Å². The lowest BCUT2D eigenvalue weighted by molar-refractivity contribution is -0.136. The van der Waals surface area contributed by atoms with E-state index in [2.05, 4.69) is 4.90 Å². The first-order chi connectivity index (χ1) is 25.8. The van der Waals surface area contributed by atoms with Crippen molar-refractivity contribution >= 4 is 54.1 Å². The second-order valence-electron chi connectivity index (χ2n) is 12.4. The van der Waals surface area contributed by atoms with Gasteiger partial charge in [0.05, 0.1) is 35.4 Å². The molecule has 0 heterocycles. The van der Waals surface area contributed by atoms with Gasteiger partial charge in [-0.25, -0.2) is 16.8 Å². The molecule has 0 aliphatic carbocycles. The fourth-order valence-electron chi connectivity index (χ4n) is 6.18. The summed E-state index contributed by atoms with van der Waals surface area (Å²) >= 11 is 0. The van der Waals surface area contributed by atoms with Crippen molar-refractivity contribution in [3.8, 4) is 11.5 Å². The van der Waals surface area contributed by atoms with Crippen molar-refractivity contribution in [1.29, 1.82) is 0 Å². The molecule has 0 unspecified atom stereocenters. The van der Waals surface area contributed by atoms with Gasteiger partial charge >= 0.3 is 11.9 Å². The van der Waals surface area contributed by atoms with E-state index < -0.39 is 45.1 Å². The Bertz CT molecular complexity index is 2320. The number of fused-ring (bicyclic) bond motifs is 1. The molecule has 284 valence electrons. The van der Waals surface area contributed by atoms with Crippen LogP contribution in [0.15, 0.2) is 119 Å². The molecule has 0 spiro atoms. The van der Waals surface area contributed by atoms with Gasteiger partial charge in [-0.3, -0.25) is 18.2 Å². The first-order valence-electron chi connectivity index (χ1n) is 16.8. The Morgan fingerprint density at radius 1 is 0.648 bits per heavy atom. The fraction of sp³-hybridized carbons (Fsp3) is 0.231. The molecule has 0 aromatic heterocycles. The van der Waals surface area contributed by atoms with Crippen LogP contribution in [0.2, 0.25) is 0 Å². The Morgan fingerprint density at radius 3 is 1.65 bits per heavy atom. The van der Waals surface area contributed by atoms with Crippen LogP contribution in [-0.4, -0.2) is 84.8 Å². The summed E-state index contributed by atoms with van der Waals surface area (Å²) in [6.45, 7) is -0.759. The van der Waals surface area contributed by atoms with Crippen LogP contribution in [0, 0.1) is 0 Å². The van der Waals surface area contributed by atoms with Crippen LogP contribution in [0.3, 0.4) is 0 Å². The second-order valence-corrected chi connectivity index (χ2v) is 16.2. The topological polar surface area (TPSA) is 171 Å². The van der Waals surface area contributed by atoms with Gasteiger partial charge in [0.1, 0.15) is 24.6 Å². The number of hydrogen-bond acceptors (Lipinski definition) is 9. The molecule has 5 aromatic rings. The molecular weight excluding hydrogens is 735 g/mol. The normalized spacial score (nSPS) is 11.7. The smallest absolute Gasteiger partial charge is 0.324 e. The minimum Gasteiger partial charge on any atom is -0.497 e. The highest BCUT2D eigenvalue weighted by Gasteiger charge is 2.34. The molecule has 0 atom stereocenters. The fourth-order valence-corrected chi connectivity index (χ4v) is 9.08. The molecule has 0 bridgehead atoms. The van der Waals surface area contributed by atoms with E-state index in [1.165, 1.54) is 68.8 Å². The lowest BCUT2D eigenvalue weighted by atomic mass is 9.98. The monoisotopic (exact) mass is 775 g/mol. The number of carboxylic acid groups (broad SMARTS) is 2. The van der Waals surface area contributed by atoms with E-state index in [9.17, 15) is 36.6 Å². The largest absolute Gasteiger partial charge is 0.497 e. The van der Waals surface area contributed by atoms with Gasteiger partial charge in [-0.2, -0.15) is 0 Å². The highest BCUT2D eigenvalue weighted by atomic mass is 32.2. The van der Waals surface area contributed by atoms with Crippen LogP contribution >= 0.6 is 0 Å². The summed E-state index contributed by atoms with van der Waals surface area (Å²) in [6.07, 6.45) is 0.617. The predicted molar refractivity (Wildman–Crippen MR) is 205 cm³/mol. The molecule has 54 heavy (non-hydrogen) atoms. The van der Waals surface area contributed by atoms with E-state index in [0.717, 1.165) is 14.2 Å². The van der Waals surface area contributed by atoms with E-state index >= 15 is 0 Å². The number of methoxy groups -OCH3 is 2. The Labute approximate surface area is 314 Å². The van der Waals surface area contributed by atoms with Crippen LogP contribution in [-0.2, 0) is 42.6 Å². The van der Waals surface area contributed by atoms with Crippen molar-refractivity contribution in [2.75, 3.05) is 49.5 Å². The molecule has 0 saturated heterocycles. The van der Waals surface area contributed by atoms with Crippen LogP contribution in [0.25, 0.3) is 10.8 Å². The average Bonchev–Trinajstić information content (AvgIpc) is 3.16. The molecule has 0 aliphatic rings. The van der Waals surface area contributed by atoms with E-state index in [0.29, 0.717) is 36.6 Å². The summed E-state index contributed by atoms with van der Waals surface area (Å²) in [5, 5.41) is 20.5. The van der Waals surface area contributed by atoms with Gasteiger partial charge in [0.25, 0.3) is 20.0 Å². The Hall–Kier alpha value is -5.64. The number of ether oxygens (including phenoxy) is 2. The lowest BCUT2D eigenvalue weighted by Gasteiger charge is -2.30. The maximum atomic E-state index is 14.4. The van der Waals surface area contributed by atoms with Crippen molar-refractivity contribution in [2.45, 2.75) is 29.2 Å². The van der Waals surface area contributed by atoms with Crippen LogP contribution in [0.4, 0.5) is 11.4 Å². The highest BCUT2D eigenvalue weighted by Crippen LogP contribution is 2.42. The summed E-state index contributed by atoms with van der Waals surface area (Å²) in [5.41, 5.74) is 1.41. The molecule has 0 amide bonds. The molecule has 15 heteroatoms. The van der Waals surface area contributed by atoms with Gasteiger partial charge in [-0.15, -0.1) is 0 Å². The average molecular weight is 776 g/mol. The number of carboxylic acids is 2. The number of nitrogens with zero attached hydrogens (tertiary/aromatic N) is 3. The van der Waals surface area contributed by atoms with Crippen LogP contribution < -0.4 is 18.1 Å². The number of aliphatic carboxylic acids is 2. The summed E-state index contributed by atoms with van der Waals surface area (Å²) in [4.78, 5) is 26.4. The van der Waals surface area contributed by atoms with Crippen molar-refractivity contribution in [3.63, 3.8) is 0 Å². The maximum Gasteiger partial charge on any atom is 0.324 e. The van der Waals surface area contributed by atoms with Gasteiger partial charge in [0.2, 0.25) is 0 Å². The quantitative estimate of drug-likeness (QED) is 0.116. The molecular formula is C39H41N3O10S2. The lowest BCUT2D eigenvalue weighted by Crippen LogP contribution is -2.38. The van der Waals surface area contributed by atoms with Gasteiger partial charge in [0.15, 0.2) is 0 Å². The highest BCUT2D eigenvalue weighted by molar-refractivity contribution is 7.93. The van der Waals surface area contributed by atoms with Crippen LogP contribution in [0.1, 0.15) is 17.5 Å². The minimum atomic E-state index is -4.55. The number of hydrogen-bond donors (Lipinski definition) is 2. The SMILES string of the molecule is COc1ccc(S(=O)(=O)N(CC(=O)O)c2cc(CCCN(C)Cc3ccccc3)c(N(CC(=O)O)S(=O)(=O)c3ccc(OC)cc3)c3ccccc23)cc1. The summed E-state index contributed by atoms with van der Waals surface area (Å²) in [7, 11) is -4.29. The second kappa shape index (κ2) is 17.0. The molecule has 0 radical (unpaired) electrons. The number of anilines is 2. The molecule has 0 aliphatic heterocycles. The van der Waals surface area contributed by atoms with Crippen molar-refractivity contribution < 1.29 is 46.1 Å². The summed E-state index contributed by atoms with van der Waals surface area (Å²) in [6, 6.07) is 28.6. The number of carbonyl (C=O) groups is 2. The third-order valence-corrected chi connectivity index (χ3v) is 12.3. The van der Waals surface area contributed by atoms with E-state index in [1.807, 2.05) is 37.4 Å². The number of benzene rings is 5. The third-order valence-electron chi connectivity index (χ3n) is 8.73. The van der Waals surface area contributed by atoms with Crippen LogP contribution in [0.5, 0.6) is 11.5 Å². The zero-order valence-electron chi connectivity index (χ0n) is 30.0. The van der Waals surface area contributed by atoms with Gasteiger partial charge in [-0.05, 0) is 92.2 Å². The van der Waals surface area contributed by atoms with E-state index in [-0.39, 0.29) is 38.4 Å². The Morgan fingerprint density at radius 2 is 1.13 bits per heavy atom. The molecule has 5 rings (SSSR count). The van der Waals surface area contributed by atoms with Gasteiger partial charge in [0, 0.05) is 17.3 Å². The molecule has 13 nitrogen and oxygen atoms in total. The Balaban J connectivity index is 1.72. The van der Waals surface area contributed by atoms with Gasteiger partial charge < -0.3 is 24.6 Å². The van der Waals surface area contributed by atoms with Crippen molar-refractivity contribution in [3.05, 3.63) is 120 Å². The number of aryl methyl sites for hydroxylation is 1. The first kappa shape index (κ1) is 39.6. The summed E-state index contributed by atoms with van der Waals surface area (Å²) in [5.74, 6) is -2.07. The number of sulfonamides is 2. The predicted octanol–water partition coefficient (Wildman–Crippen LogP) is 5.48. The van der Waals surface area contributed by atoms with E-state index in [4.69, 9.17) is 9.47 Å². The van der Waals surface area contributed by atoms with Crippen molar-refractivity contribution in [2.24, 2.45) is 0 Å². The first-order valence-corrected chi connectivity index (χ1v) is 19.7. The summed E-state index contributed by atoms with van der Waals surface area (Å²) < 4.78 is 69.4. The standard InChI is InChI=1S/C39H41N3O10S2/c1-40(25-28-10-5-4-6-11-28)23-9-12-29-24-36(41(26-37(43)44)53(47,48)32-19-15-30(51-2)16-20-32)34-13-7-8-14-35(34)39(29)42(27-38(45)46)54(49,50)33-21-17-31(52-3)18-22-33/h4-8,10-11,13-22,24H,9,12,23,25-27H2,1-3H3,(H,43,44)(H,45,46). The van der Waals surface area contributed by atoms with Crippen molar-refractivity contribution in [1.82, 2.24) is 4.90 Å². The Kier molecular flexibility index (Phi) is 12.5. The number of rotatable bonds is 18.